The fraction of sp³-hybridized carbons (Fsp3) is 0.522. The number of fused-ring (bicyclic) bond motifs is 1. The van der Waals surface area contributed by atoms with Crippen molar-refractivity contribution in [1.82, 2.24) is 9.62 Å². The van der Waals surface area contributed by atoms with Gasteiger partial charge in [0.15, 0.2) is 0 Å². The van der Waals surface area contributed by atoms with E-state index in [-0.39, 0.29) is 17.3 Å². The minimum Gasteiger partial charge on any atom is -0.463 e. The molecule has 1 atom stereocenters. The Labute approximate surface area is 184 Å². The number of amides is 1. The molecule has 0 spiro atoms. The van der Waals surface area contributed by atoms with Crippen LogP contribution in [0.25, 0.3) is 0 Å². The Bertz CT molecular complexity index is 1030. The number of nitrogens with zero attached hydrogens (tertiary/aromatic N) is 1. The molecule has 0 saturated carbocycles. The second kappa shape index (κ2) is 9.54. The normalized spacial score (nSPS) is 20.2. The van der Waals surface area contributed by atoms with Crippen molar-refractivity contribution in [3.05, 3.63) is 47.4 Å². The summed E-state index contributed by atoms with van der Waals surface area (Å²) in [5.41, 5.74) is 1.54. The summed E-state index contributed by atoms with van der Waals surface area (Å²) in [5.74, 6) is 1.44. The number of carbonyl (C=O) groups is 1. The molecule has 3 heterocycles. The second-order valence-electron chi connectivity index (χ2n) is 8.44. The van der Waals surface area contributed by atoms with E-state index in [1.54, 1.807) is 12.1 Å². The van der Waals surface area contributed by atoms with E-state index in [2.05, 4.69) is 21.9 Å². The second-order valence-corrected chi connectivity index (χ2v) is 10.2. The molecule has 1 unspecified atom stereocenters. The van der Waals surface area contributed by atoms with Gasteiger partial charge in [-0.15, -0.1) is 0 Å². The Kier molecular flexibility index (Phi) is 6.79. The van der Waals surface area contributed by atoms with Crippen molar-refractivity contribution in [3.63, 3.8) is 0 Å². The molecule has 2 aliphatic rings. The molecular weight excluding hydrogens is 414 g/mol. The lowest BCUT2D eigenvalue weighted by Crippen LogP contribution is -2.38. The molecule has 0 bridgehead atoms. The number of piperidine rings is 1. The van der Waals surface area contributed by atoms with Crippen molar-refractivity contribution < 1.29 is 17.6 Å². The number of anilines is 1. The first-order valence-corrected chi connectivity index (χ1v) is 12.7. The van der Waals surface area contributed by atoms with E-state index in [1.165, 1.54) is 25.3 Å². The van der Waals surface area contributed by atoms with Gasteiger partial charge in [0, 0.05) is 18.2 Å². The molecule has 1 aromatic carbocycles. The Hall–Kier alpha value is -2.16. The Morgan fingerprint density at radius 2 is 1.97 bits per heavy atom. The predicted molar refractivity (Wildman–Crippen MR) is 119 cm³/mol. The molecule has 0 aliphatic carbocycles. The monoisotopic (exact) mass is 445 g/mol. The molecule has 2 aliphatic heterocycles. The highest BCUT2D eigenvalue weighted by molar-refractivity contribution is 7.89. The van der Waals surface area contributed by atoms with Gasteiger partial charge >= 0.3 is 0 Å². The maximum absolute atomic E-state index is 12.8. The molecule has 31 heavy (non-hydrogen) atoms. The molecule has 1 aromatic heterocycles. The van der Waals surface area contributed by atoms with Crippen LogP contribution in [0, 0.1) is 0 Å². The number of nitrogens with one attached hydrogen (secondary N) is 2. The van der Waals surface area contributed by atoms with E-state index in [0.717, 1.165) is 30.8 Å². The first-order valence-electron chi connectivity index (χ1n) is 11.2. The molecule has 7 nitrogen and oxygen atoms in total. The van der Waals surface area contributed by atoms with E-state index in [0.29, 0.717) is 36.8 Å². The first-order chi connectivity index (χ1) is 14.9. The molecule has 1 saturated heterocycles. The van der Waals surface area contributed by atoms with E-state index in [9.17, 15) is 13.2 Å². The maximum Gasteiger partial charge on any atom is 0.240 e. The van der Waals surface area contributed by atoms with E-state index < -0.39 is 10.0 Å². The lowest BCUT2D eigenvalue weighted by molar-refractivity contribution is -0.116. The predicted octanol–water partition coefficient (Wildman–Crippen LogP) is 3.80. The average molecular weight is 446 g/mol. The van der Waals surface area contributed by atoms with Gasteiger partial charge in [-0.2, -0.15) is 0 Å². The van der Waals surface area contributed by atoms with Crippen LogP contribution in [0.1, 0.15) is 62.5 Å². The third kappa shape index (κ3) is 5.37. The summed E-state index contributed by atoms with van der Waals surface area (Å²) in [6.45, 7) is 4.18. The van der Waals surface area contributed by atoms with Crippen LogP contribution >= 0.6 is 0 Å². The van der Waals surface area contributed by atoms with Gasteiger partial charge in [-0.25, -0.2) is 13.1 Å². The fourth-order valence-corrected chi connectivity index (χ4v) is 5.54. The largest absolute Gasteiger partial charge is 0.463 e. The minimum atomic E-state index is -3.68. The molecular formula is C23H31N3O4S. The van der Waals surface area contributed by atoms with Gasteiger partial charge in [-0.05, 0) is 74.5 Å². The molecule has 8 heteroatoms. The van der Waals surface area contributed by atoms with Gasteiger partial charge in [-0.3, -0.25) is 9.69 Å². The number of hydrogen-bond donors (Lipinski definition) is 2. The Morgan fingerprint density at radius 3 is 2.81 bits per heavy atom. The Balaban J connectivity index is 1.39. The molecule has 1 fully saturated rings. The quantitative estimate of drug-likeness (QED) is 0.676. The van der Waals surface area contributed by atoms with E-state index in [4.69, 9.17) is 4.42 Å². The van der Waals surface area contributed by atoms with Crippen LogP contribution in [-0.2, 0) is 34.3 Å². The summed E-state index contributed by atoms with van der Waals surface area (Å²) in [6.07, 6.45) is 6.71. The number of rotatable bonds is 7. The summed E-state index contributed by atoms with van der Waals surface area (Å²) in [5, 5.41) is 2.83. The molecule has 4 rings (SSSR count). The van der Waals surface area contributed by atoms with E-state index in [1.807, 2.05) is 12.1 Å². The van der Waals surface area contributed by atoms with Crippen molar-refractivity contribution in [3.8, 4) is 0 Å². The zero-order valence-corrected chi connectivity index (χ0v) is 18.8. The first kappa shape index (κ1) is 22.0. The highest BCUT2D eigenvalue weighted by Crippen LogP contribution is 2.26. The number of likely N-dealkylation sites (tertiary alicyclic amines) is 1. The van der Waals surface area contributed by atoms with Crippen molar-refractivity contribution in [2.24, 2.45) is 0 Å². The van der Waals surface area contributed by atoms with Gasteiger partial charge in [-0.1, -0.05) is 13.3 Å². The van der Waals surface area contributed by atoms with Crippen LogP contribution in [0.3, 0.4) is 0 Å². The highest BCUT2D eigenvalue weighted by Gasteiger charge is 2.22. The molecule has 2 aromatic rings. The topological polar surface area (TPSA) is 91.7 Å². The zero-order valence-electron chi connectivity index (χ0n) is 18.0. The summed E-state index contributed by atoms with van der Waals surface area (Å²) in [7, 11) is -3.68. The van der Waals surface area contributed by atoms with Gasteiger partial charge in [0.2, 0.25) is 15.9 Å². The van der Waals surface area contributed by atoms with Crippen molar-refractivity contribution in [1.29, 1.82) is 0 Å². The van der Waals surface area contributed by atoms with Crippen molar-refractivity contribution >= 4 is 21.6 Å². The minimum absolute atomic E-state index is 0.0316. The lowest BCUT2D eigenvalue weighted by atomic mass is 10.00. The van der Waals surface area contributed by atoms with Crippen molar-refractivity contribution in [2.45, 2.75) is 75.9 Å². The molecule has 1 amide bonds. The standard InChI is InChI=1S/C23H31N3O4S/c1-2-18-7-3-4-13-26(18)16-20-10-9-19(30-20)15-24-31(28,29)21-11-12-22-17(14-21)6-5-8-23(27)25-22/h9-12,14,18,24H,2-8,13,15-16H2,1H3,(H,25,27). The molecule has 168 valence electrons. The zero-order chi connectivity index (χ0) is 21.8. The lowest BCUT2D eigenvalue weighted by Gasteiger charge is -2.34. The van der Waals surface area contributed by atoms with E-state index >= 15 is 0 Å². The average Bonchev–Trinajstić information content (AvgIpc) is 3.12. The van der Waals surface area contributed by atoms with Crippen LogP contribution in [0.5, 0.6) is 0 Å². The Morgan fingerprint density at radius 1 is 1.13 bits per heavy atom. The van der Waals surface area contributed by atoms with Crippen LogP contribution in [0.15, 0.2) is 39.6 Å². The molecule has 2 N–H and O–H groups in total. The van der Waals surface area contributed by atoms with Gasteiger partial charge in [0.1, 0.15) is 11.5 Å². The highest BCUT2D eigenvalue weighted by atomic mass is 32.2. The van der Waals surface area contributed by atoms with Gasteiger partial charge in [0.05, 0.1) is 18.0 Å². The smallest absolute Gasteiger partial charge is 0.240 e. The third-order valence-electron chi connectivity index (χ3n) is 6.24. The van der Waals surface area contributed by atoms with Crippen LogP contribution < -0.4 is 10.0 Å². The van der Waals surface area contributed by atoms with Crippen LogP contribution in [-0.4, -0.2) is 31.8 Å². The van der Waals surface area contributed by atoms with Crippen LogP contribution in [0.2, 0.25) is 0 Å². The maximum atomic E-state index is 12.8. The van der Waals surface area contributed by atoms with Crippen molar-refractivity contribution in [2.75, 3.05) is 11.9 Å². The van der Waals surface area contributed by atoms with Gasteiger partial charge in [0.25, 0.3) is 0 Å². The summed E-state index contributed by atoms with van der Waals surface area (Å²) in [6, 6.07) is 9.23. The number of hydrogen-bond acceptors (Lipinski definition) is 5. The van der Waals surface area contributed by atoms with Gasteiger partial charge < -0.3 is 9.73 Å². The summed E-state index contributed by atoms with van der Waals surface area (Å²) in [4.78, 5) is 14.4. The number of furan rings is 1. The number of carbonyl (C=O) groups excluding carboxylic acids is 1. The number of aryl methyl sites for hydroxylation is 1. The summed E-state index contributed by atoms with van der Waals surface area (Å²) >= 11 is 0. The molecule has 0 radical (unpaired) electrons. The fourth-order valence-electron chi connectivity index (χ4n) is 4.50. The van der Waals surface area contributed by atoms with Crippen LogP contribution in [0.4, 0.5) is 5.69 Å². The number of sulfonamides is 1. The SMILES string of the molecule is CCC1CCCCN1Cc1ccc(CNS(=O)(=O)c2ccc3c(c2)CCCC(=O)N3)o1. The summed E-state index contributed by atoms with van der Waals surface area (Å²) < 4.78 is 34.1. The third-order valence-corrected chi connectivity index (χ3v) is 7.64. The number of benzene rings is 1.